The van der Waals surface area contributed by atoms with E-state index in [-0.39, 0.29) is 17.5 Å². The number of carbonyl (C=O) groups excluding carboxylic acids is 2. The van der Waals surface area contributed by atoms with Crippen molar-refractivity contribution in [1.82, 2.24) is 15.6 Å². The lowest BCUT2D eigenvalue weighted by atomic mass is 10.2. The van der Waals surface area contributed by atoms with Crippen LogP contribution in [-0.2, 0) is 6.54 Å². The average molecular weight is 346 g/mol. The van der Waals surface area contributed by atoms with Crippen LogP contribution in [0.1, 0.15) is 46.2 Å². The molecule has 0 aliphatic carbocycles. The molecule has 0 aliphatic rings. The van der Waals surface area contributed by atoms with Gasteiger partial charge in [-0.25, -0.2) is 0 Å². The van der Waals surface area contributed by atoms with Gasteiger partial charge in [-0.3, -0.25) is 14.6 Å². The van der Waals surface area contributed by atoms with Gasteiger partial charge in [0, 0.05) is 29.9 Å². The van der Waals surface area contributed by atoms with Crippen molar-refractivity contribution >= 4 is 23.4 Å². The molecule has 1 aromatic heterocycles. The van der Waals surface area contributed by atoms with Gasteiger partial charge in [-0.2, -0.15) is 0 Å². The van der Waals surface area contributed by atoms with Gasteiger partial charge in [-0.05, 0) is 36.2 Å². The molecule has 0 aliphatic heterocycles. The maximum Gasteiger partial charge on any atom is 0.270 e. The number of rotatable bonds is 7. The summed E-state index contributed by atoms with van der Waals surface area (Å²) in [6.07, 6.45) is 3.40. The first kappa shape index (κ1) is 17.9. The maximum atomic E-state index is 12.2. The Morgan fingerprint density at radius 1 is 1.08 bits per heavy atom. The molecule has 0 bridgehead atoms. The largest absolute Gasteiger partial charge is 0.352 e. The lowest BCUT2D eigenvalue weighted by molar-refractivity contribution is 0.0946. The molecule has 2 N–H and O–H groups in total. The molecule has 0 saturated carbocycles. The molecule has 0 unspecified atom stereocenters. The second kappa shape index (κ2) is 9.03. The van der Waals surface area contributed by atoms with Crippen LogP contribution in [0.2, 0.25) is 5.02 Å². The number of pyridine rings is 1. The number of nitrogens with zero attached hydrogens (tertiary/aromatic N) is 1. The van der Waals surface area contributed by atoms with Crippen molar-refractivity contribution in [2.24, 2.45) is 0 Å². The van der Waals surface area contributed by atoms with Crippen LogP contribution in [0.5, 0.6) is 0 Å². The number of hydrogen-bond acceptors (Lipinski definition) is 3. The Morgan fingerprint density at radius 2 is 1.83 bits per heavy atom. The van der Waals surface area contributed by atoms with E-state index in [9.17, 15) is 9.59 Å². The van der Waals surface area contributed by atoms with E-state index in [1.54, 1.807) is 18.2 Å². The molecule has 0 radical (unpaired) electrons. The quantitative estimate of drug-likeness (QED) is 0.757. The van der Waals surface area contributed by atoms with Gasteiger partial charge in [0.1, 0.15) is 5.69 Å². The van der Waals surface area contributed by atoms with Crippen molar-refractivity contribution in [3.05, 3.63) is 64.4 Å². The summed E-state index contributed by atoms with van der Waals surface area (Å²) in [6.45, 7) is 3.04. The summed E-state index contributed by atoms with van der Waals surface area (Å²) in [5.41, 5.74) is 1.58. The molecule has 6 heteroatoms. The van der Waals surface area contributed by atoms with Crippen molar-refractivity contribution in [2.45, 2.75) is 26.3 Å². The molecule has 0 spiro atoms. The summed E-state index contributed by atoms with van der Waals surface area (Å²) in [5.74, 6) is -0.522. The van der Waals surface area contributed by atoms with E-state index < -0.39 is 0 Å². The van der Waals surface area contributed by atoms with Gasteiger partial charge in [0.05, 0.1) is 0 Å². The van der Waals surface area contributed by atoms with Gasteiger partial charge < -0.3 is 10.6 Å². The number of carbonyl (C=O) groups is 2. The zero-order valence-electron chi connectivity index (χ0n) is 13.5. The summed E-state index contributed by atoms with van der Waals surface area (Å²) in [5, 5.41) is 6.24. The number of unbranched alkanes of at least 4 members (excludes halogenated alkanes) is 1. The van der Waals surface area contributed by atoms with Crippen LogP contribution in [0.3, 0.4) is 0 Å². The molecule has 126 valence electrons. The molecule has 0 fully saturated rings. The Bertz CT molecular complexity index is 702. The number of amides is 2. The molecule has 5 nitrogen and oxygen atoms in total. The van der Waals surface area contributed by atoms with Gasteiger partial charge in [-0.15, -0.1) is 0 Å². The third-order valence-electron chi connectivity index (χ3n) is 3.44. The second-order valence-electron chi connectivity index (χ2n) is 5.35. The second-order valence-corrected chi connectivity index (χ2v) is 5.78. The molecule has 1 heterocycles. The van der Waals surface area contributed by atoms with Gasteiger partial charge in [-0.1, -0.05) is 37.1 Å². The van der Waals surface area contributed by atoms with Crippen LogP contribution in [0.4, 0.5) is 0 Å². The molecule has 2 amide bonds. The first-order valence-corrected chi connectivity index (χ1v) is 8.25. The van der Waals surface area contributed by atoms with Crippen LogP contribution in [0.15, 0.2) is 42.6 Å². The molecule has 0 saturated heterocycles. The minimum atomic E-state index is -0.326. The van der Waals surface area contributed by atoms with Crippen molar-refractivity contribution in [2.75, 3.05) is 6.54 Å². The minimum absolute atomic E-state index is 0.197. The lowest BCUT2D eigenvalue weighted by Gasteiger charge is -2.07. The average Bonchev–Trinajstić information content (AvgIpc) is 2.61. The van der Waals surface area contributed by atoms with Crippen molar-refractivity contribution < 1.29 is 9.59 Å². The Labute approximate surface area is 146 Å². The van der Waals surface area contributed by atoms with Gasteiger partial charge in [0.25, 0.3) is 11.8 Å². The van der Waals surface area contributed by atoms with Gasteiger partial charge in [0.15, 0.2) is 0 Å². The number of hydrogen-bond donors (Lipinski definition) is 2. The fraction of sp³-hybridized carbons (Fsp3) is 0.278. The zero-order valence-corrected chi connectivity index (χ0v) is 14.3. The predicted octanol–water partition coefficient (Wildman–Crippen LogP) is 3.19. The Kier molecular flexibility index (Phi) is 6.75. The highest BCUT2D eigenvalue weighted by Crippen LogP contribution is 2.09. The zero-order chi connectivity index (χ0) is 17.4. The van der Waals surface area contributed by atoms with E-state index in [1.807, 2.05) is 12.1 Å². The summed E-state index contributed by atoms with van der Waals surface area (Å²) >= 11 is 5.83. The predicted molar refractivity (Wildman–Crippen MR) is 94.1 cm³/mol. The molecular formula is C18H20ClN3O2. The van der Waals surface area contributed by atoms with E-state index in [0.717, 1.165) is 18.4 Å². The third-order valence-corrected chi connectivity index (χ3v) is 3.69. The van der Waals surface area contributed by atoms with Crippen LogP contribution in [-0.4, -0.2) is 23.3 Å². The molecule has 1 aromatic carbocycles. The Hall–Kier alpha value is -2.40. The summed E-state index contributed by atoms with van der Waals surface area (Å²) in [6, 6.07) is 10.3. The Morgan fingerprint density at radius 3 is 2.54 bits per heavy atom. The van der Waals surface area contributed by atoms with E-state index in [0.29, 0.717) is 23.7 Å². The van der Waals surface area contributed by atoms with E-state index in [4.69, 9.17) is 11.6 Å². The minimum Gasteiger partial charge on any atom is -0.352 e. The maximum absolute atomic E-state index is 12.2. The van der Waals surface area contributed by atoms with Crippen molar-refractivity contribution in [3.8, 4) is 0 Å². The van der Waals surface area contributed by atoms with Crippen LogP contribution in [0, 0.1) is 0 Å². The lowest BCUT2D eigenvalue weighted by Crippen LogP contribution is -2.26. The van der Waals surface area contributed by atoms with Gasteiger partial charge >= 0.3 is 0 Å². The summed E-state index contributed by atoms with van der Waals surface area (Å²) in [4.78, 5) is 28.2. The molecule has 0 atom stereocenters. The normalized spacial score (nSPS) is 10.2. The highest BCUT2D eigenvalue weighted by atomic mass is 35.5. The molecule has 2 aromatic rings. The topological polar surface area (TPSA) is 71.1 Å². The number of nitrogens with one attached hydrogen (secondary N) is 2. The number of halogens is 1. The van der Waals surface area contributed by atoms with E-state index in [1.165, 1.54) is 12.3 Å². The SMILES string of the molecule is CCCCNC(=O)c1ccnc(C(=O)NCc2ccc(Cl)cc2)c1. The highest BCUT2D eigenvalue weighted by Gasteiger charge is 2.11. The summed E-state index contributed by atoms with van der Waals surface area (Å²) in [7, 11) is 0. The fourth-order valence-corrected chi connectivity index (χ4v) is 2.18. The first-order chi connectivity index (χ1) is 11.6. The molecule has 2 rings (SSSR count). The molecular weight excluding hydrogens is 326 g/mol. The van der Waals surface area contributed by atoms with E-state index >= 15 is 0 Å². The smallest absolute Gasteiger partial charge is 0.270 e. The number of benzene rings is 1. The van der Waals surface area contributed by atoms with Crippen LogP contribution < -0.4 is 10.6 Å². The third kappa shape index (κ3) is 5.35. The van der Waals surface area contributed by atoms with Crippen LogP contribution >= 0.6 is 11.6 Å². The van der Waals surface area contributed by atoms with E-state index in [2.05, 4.69) is 22.5 Å². The molecule has 24 heavy (non-hydrogen) atoms. The first-order valence-electron chi connectivity index (χ1n) is 7.87. The standard InChI is InChI=1S/C18H20ClN3O2/c1-2-3-9-21-17(23)14-8-10-20-16(11-14)18(24)22-12-13-4-6-15(19)7-5-13/h4-8,10-11H,2-3,9,12H2,1H3,(H,21,23)(H,22,24). The van der Waals surface area contributed by atoms with Crippen molar-refractivity contribution in [1.29, 1.82) is 0 Å². The Balaban J connectivity index is 1.95. The highest BCUT2D eigenvalue weighted by molar-refractivity contribution is 6.30. The monoisotopic (exact) mass is 345 g/mol. The fourth-order valence-electron chi connectivity index (χ4n) is 2.05. The summed E-state index contributed by atoms with van der Waals surface area (Å²) < 4.78 is 0. The number of aromatic nitrogens is 1. The van der Waals surface area contributed by atoms with Gasteiger partial charge in [0.2, 0.25) is 0 Å². The van der Waals surface area contributed by atoms with Crippen LogP contribution in [0.25, 0.3) is 0 Å². The van der Waals surface area contributed by atoms with Crippen molar-refractivity contribution in [3.63, 3.8) is 0 Å².